The van der Waals surface area contributed by atoms with Crippen LogP contribution in [0.2, 0.25) is 0 Å². The first kappa shape index (κ1) is 35.4. The van der Waals surface area contributed by atoms with E-state index in [0.717, 1.165) is 67.1 Å². The Morgan fingerprint density at radius 3 is 1.31 bits per heavy atom. The van der Waals surface area contributed by atoms with E-state index < -0.39 is 0 Å². The maximum absolute atomic E-state index is 5.54. The quantitative estimate of drug-likeness (QED) is 0.190. The highest BCUT2D eigenvalue weighted by Gasteiger charge is 2.25. The van der Waals surface area contributed by atoms with Crippen molar-refractivity contribution < 1.29 is 0 Å². The molecule has 2 aromatic carbocycles. The third-order valence-corrected chi connectivity index (χ3v) is 10.3. The number of aromatic amines is 2. The number of nitrogens with zero attached hydrogens (tertiary/aromatic N) is 2. The van der Waals surface area contributed by atoms with Crippen LogP contribution in [-0.4, -0.2) is 19.9 Å². The molecule has 0 aliphatic carbocycles. The first-order chi connectivity index (χ1) is 24.2. The van der Waals surface area contributed by atoms with E-state index in [4.69, 9.17) is 9.97 Å². The molecule has 0 unspecified atom stereocenters. The second kappa shape index (κ2) is 12.3. The highest BCUT2D eigenvalue weighted by molar-refractivity contribution is 5.95. The molecule has 4 heteroatoms. The largest absolute Gasteiger partial charge is 0.355 e. The van der Waals surface area contributed by atoms with Crippen LogP contribution in [0.15, 0.2) is 72.8 Å². The number of aromatic nitrogens is 4. The fourth-order valence-corrected chi connectivity index (χ4v) is 6.95. The number of hydrogen-bond acceptors (Lipinski definition) is 2. The van der Waals surface area contributed by atoms with E-state index in [1.807, 2.05) is 0 Å². The molecule has 2 N–H and O–H groups in total. The molecule has 2 aliphatic rings. The maximum Gasteiger partial charge on any atom is 0.0738 e. The van der Waals surface area contributed by atoms with Gasteiger partial charge in [-0.15, -0.1) is 0 Å². The molecular weight excluding hydrogens is 633 g/mol. The van der Waals surface area contributed by atoms with Crippen LogP contribution in [0.25, 0.3) is 68.6 Å². The number of rotatable bonds is 2. The first-order valence-electron chi connectivity index (χ1n) is 18.7. The lowest BCUT2D eigenvalue weighted by molar-refractivity contribution is 0.568. The minimum Gasteiger partial charge on any atom is -0.355 e. The van der Waals surface area contributed by atoms with Crippen LogP contribution < -0.4 is 0 Å². The molecule has 266 valence electrons. The molecule has 52 heavy (non-hydrogen) atoms. The molecule has 8 bridgehead atoms. The molecule has 5 aromatic rings. The van der Waals surface area contributed by atoms with Crippen molar-refractivity contribution in [3.8, 4) is 22.3 Å². The van der Waals surface area contributed by atoms with Gasteiger partial charge in [-0.05, 0) is 116 Å². The van der Waals surface area contributed by atoms with Gasteiger partial charge in [0.15, 0.2) is 0 Å². The molecule has 4 nitrogen and oxygen atoms in total. The van der Waals surface area contributed by atoms with E-state index in [1.54, 1.807) is 0 Å². The third kappa shape index (κ3) is 7.08. The fraction of sp³-hybridized carbons (Fsp3) is 0.333. The standard InChI is InChI=1S/C48H54N4/c1-45(2,3)31-21-29(22-32(25-31)46(4,5)6)43-39-17-15-37(50-39)27-35-13-14-36(49-35)28-38-16-18-40(51-38)44(42-20-19-41(43)52-42)30-23-33(47(7,8)9)26-34(24-30)48(10,11)12/h13-28,49-50H,1-12H3. The number of nitrogens with one attached hydrogen (secondary N) is 2. The van der Waals surface area contributed by atoms with Gasteiger partial charge >= 0.3 is 0 Å². The SMILES string of the molecule is CC(C)(C)c1cc(-c2c3nc(cc4ccc(cc5ccc([nH]5)c(-c5cc(C(C)(C)C)cc(C(C)(C)C)c5)c5nc2C=C5)[nH]4)C=C3)cc(C(C)(C)C)c1. The van der Waals surface area contributed by atoms with Gasteiger partial charge in [0, 0.05) is 33.2 Å². The zero-order valence-electron chi connectivity index (χ0n) is 33.1. The summed E-state index contributed by atoms with van der Waals surface area (Å²) in [5.41, 5.74) is 17.3. The van der Waals surface area contributed by atoms with Gasteiger partial charge in [0.25, 0.3) is 0 Å². The van der Waals surface area contributed by atoms with Crippen LogP contribution in [0.3, 0.4) is 0 Å². The van der Waals surface area contributed by atoms with Gasteiger partial charge in [-0.3, -0.25) is 0 Å². The fourth-order valence-electron chi connectivity index (χ4n) is 6.95. The van der Waals surface area contributed by atoms with Crippen LogP contribution in [0, 0.1) is 0 Å². The lowest BCUT2D eigenvalue weighted by Gasteiger charge is -2.26. The molecule has 3 aromatic heterocycles. The third-order valence-electron chi connectivity index (χ3n) is 10.3. The van der Waals surface area contributed by atoms with Crippen molar-refractivity contribution in [1.82, 2.24) is 19.9 Å². The number of benzene rings is 2. The summed E-state index contributed by atoms with van der Waals surface area (Å²) in [4.78, 5) is 18.1. The van der Waals surface area contributed by atoms with Crippen LogP contribution in [-0.2, 0) is 21.7 Å². The van der Waals surface area contributed by atoms with Crippen LogP contribution >= 0.6 is 0 Å². The van der Waals surface area contributed by atoms with E-state index in [2.05, 4.69) is 190 Å². The average Bonchev–Trinajstić information content (AvgIpc) is 3.86. The molecule has 0 radical (unpaired) electrons. The molecule has 0 amide bonds. The van der Waals surface area contributed by atoms with Crippen molar-refractivity contribution in [1.29, 1.82) is 0 Å². The number of fused-ring (bicyclic) bond motifs is 8. The van der Waals surface area contributed by atoms with Crippen molar-refractivity contribution in [3.05, 3.63) is 118 Å². The molecule has 5 heterocycles. The van der Waals surface area contributed by atoms with Crippen LogP contribution in [0.1, 0.15) is 128 Å². The Morgan fingerprint density at radius 1 is 0.385 bits per heavy atom. The summed E-state index contributed by atoms with van der Waals surface area (Å²) in [5, 5.41) is 0. The van der Waals surface area contributed by atoms with Crippen molar-refractivity contribution in [2.45, 2.75) is 105 Å². The van der Waals surface area contributed by atoms with Gasteiger partial charge in [0.05, 0.1) is 22.8 Å². The molecule has 7 rings (SSSR count). The summed E-state index contributed by atoms with van der Waals surface area (Å²) in [6.45, 7) is 27.5. The van der Waals surface area contributed by atoms with E-state index in [9.17, 15) is 0 Å². The van der Waals surface area contributed by atoms with Gasteiger partial charge in [-0.2, -0.15) is 0 Å². The normalized spacial score (nSPS) is 13.6. The summed E-state index contributed by atoms with van der Waals surface area (Å²) in [6.07, 6.45) is 8.64. The van der Waals surface area contributed by atoms with Crippen molar-refractivity contribution in [3.63, 3.8) is 0 Å². The van der Waals surface area contributed by atoms with Gasteiger partial charge in [-0.25, -0.2) is 9.97 Å². The minimum absolute atomic E-state index is 0.0263. The second-order valence-electron chi connectivity index (χ2n) is 18.8. The van der Waals surface area contributed by atoms with Gasteiger partial charge in [0.2, 0.25) is 0 Å². The number of H-pyrrole nitrogens is 2. The first-order valence-corrected chi connectivity index (χ1v) is 18.7. The molecule has 2 aliphatic heterocycles. The summed E-state index contributed by atoms with van der Waals surface area (Å²) in [6, 6.07) is 27.1. The van der Waals surface area contributed by atoms with E-state index in [1.165, 1.54) is 22.3 Å². The topological polar surface area (TPSA) is 57.4 Å². The monoisotopic (exact) mass is 686 g/mol. The van der Waals surface area contributed by atoms with Crippen LogP contribution in [0.5, 0.6) is 0 Å². The Hall–Kier alpha value is -4.96. The highest BCUT2D eigenvalue weighted by Crippen LogP contribution is 2.40. The molecule has 0 spiro atoms. The van der Waals surface area contributed by atoms with E-state index in [0.29, 0.717) is 0 Å². The lowest BCUT2D eigenvalue weighted by Crippen LogP contribution is -2.16. The zero-order chi connectivity index (χ0) is 37.4. The predicted octanol–water partition coefficient (Wildman–Crippen LogP) is 13.2. The van der Waals surface area contributed by atoms with Gasteiger partial charge in [0.1, 0.15) is 0 Å². The van der Waals surface area contributed by atoms with Crippen LogP contribution in [0.4, 0.5) is 0 Å². The zero-order valence-corrected chi connectivity index (χ0v) is 33.1. The minimum atomic E-state index is -0.0324. The summed E-state index contributed by atoms with van der Waals surface area (Å²) >= 11 is 0. The number of hydrogen-bond donors (Lipinski definition) is 2. The molecule has 0 saturated carbocycles. The highest BCUT2D eigenvalue weighted by atomic mass is 14.8. The van der Waals surface area contributed by atoms with E-state index in [-0.39, 0.29) is 21.7 Å². The van der Waals surface area contributed by atoms with E-state index >= 15 is 0 Å². The molecule has 0 saturated heterocycles. The van der Waals surface area contributed by atoms with Gasteiger partial charge < -0.3 is 9.97 Å². The Labute approximate surface area is 310 Å². The molecule has 0 fully saturated rings. The van der Waals surface area contributed by atoms with Crippen molar-refractivity contribution in [2.24, 2.45) is 0 Å². The predicted molar refractivity (Wildman–Crippen MR) is 225 cm³/mol. The Morgan fingerprint density at radius 2 is 0.788 bits per heavy atom. The smallest absolute Gasteiger partial charge is 0.0738 e. The second-order valence-corrected chi connectivity index (χ2v) is 18.8. The van der Waals surface area contributed by atoms with Crippen molar-refractivity contribution >= 4 is 46.4 Å². The Balaban J connectivity index is 1.65. The van der Waals surface area contributed by atoms with Crippen molar-refractivity contribution in [2.75, 3.05) is 0 Å². The summed E-state index contributed by atoms with van der Waals surface area (Å²) in [5.74, 6) is 0. The average molecular weight is 687 g/mol. The molecular formula is C48H54N4. The lowest BCUT2D eigenvalue weighted by atomic mass is 9.78. The maximum atomic E-state index is 5.54. The molecule has 0 atom stereocenters. The summed E-state index contributed by atoms with van der Waals surface area (Å²) < 4.78 is 0. The van der Waals surface area contributed by atoms with Gasteiger partial charge in [-0.1, -0.05) is 119 Å². The summed E-state index contributed by atoms with van der Waals surface area (Å²) in [7, 11) is 0. The Kier molecular flexibility index (Phi) is 8.40. The Bertz CT molecular complexity index is 2370.